The van der Waals surface area contributed by atoms with Crippen molar-refractivity contribution in [2.75, 3.05) is 6.54 Å². The van der Waals surface area contributed by atoms with Gasteiger partial charge in [-0.15, -0.1) is 0 Å². The standard InChI is InChI=1S/C9H11N3O3/c10-4-6(13)5-12-8-7(15-9(12)14)2-1-3-11-8/h1-3,6,13H,4-5,10H2. The molecule has 0 aliphatic rings. The molecule has 0 saturated heterocycles. The summed E-state index contributed by atoms with van der Waals surface area (Å²) in [7, 11) is 0. The molecule has 0 spiro atoms. The molecule has 6 heteroatoms. The Bertz CT molecular complexity index is 517. The molecule has 0 aromatic carbocycles. The molecule has 15 heavy (non-hydrogen) atoms. The van der Waals surface area contributed by atoms with Crippen molar-refractivity contribution in [3.05, 3.63) is 28.9 Å². The molecule has 2 heterocycles. The summed E-state index contributed by atoms with van der Waals surface area (Å²) in [6.45, 7) is 0.186. The van der Waals surface area contributed by atoms with Crippen LogP contribution in [0.3, 0.4) is 0 Å². The van der Waals surface area contributed by atoms with Crippen LogP contribution in [0.2, 0.25) is 0 Å². The third-order valence-electron chi connectivity index (χ3n) is 2.09. The van der Waals surface area contributed by atoms with Crippen LogP contribution in [0.25, 0.3) is 11.2 Å². The number of nitrogens with two attached hydrogens (primary N) is 1. The molecular formula is C9H11N3O3. The summed E-state index contributed by atoms with van der Waals surface area (Å²) < 4.78 is 6.21. The van der Waals surface area contributed by atoms with Crippen LogP contribution in [0.4, 0.5) is 0 Å². The average Bonchev–Trinajstić information content (AvgIpc) is 2.55. The van der Waals surface area contributed by atoms with Crippen LogP contribution in [0.5, 0.6) is 0 Å². The van der Waals surface area contributed by atoms with Gasteiger partial charge in [0.25, 0.3) is 0 Å². The lowest BCUT2D eigenvalue weighted by Crippen LogP contribution is -2.29. The Morgan fingerprint density at radius 1 is 1.67 bits per heavy atom. The molecule has 6 nitrogen and oxygen atoms in total. The Balaban J connectivity index is 2.50. The second-order valence-corrected chi connectivity index (χ2v) is 3.19. The monoisotopic (exact) mass is 209 g/mol. The topological polar surface area (TPSA) is 94.3 Å². The third kappa shape index (κ3) is 1.77. The van der Waals surface area contributed by atoms with Gasteiger partial charge in [0.2, 0.25) is 0 Å². The van der Waals surface area contributed by atoms with E-state index >= 15 is 0 Å². The summed E-state index contributed by atoms with van der Waals surface area (Å²) in [5.74, 6) is -0.531. The molecule has 2 rings (SSSR count). The van der Waals surface area contributed by atoms with E-state index in [2.05, 4.69) is 4.98 Å². The fourth-order valence-electron chi connectivity index (χ4n) is 1.35. The molecule has 80 valence electrons. The highest BCUT2D eigenvalue weighted by Gasteiger charge is 2.12. The molecule has 0 fully saturated rings. The first-order valence-corrected chi connectivity index (χ1v) is 4.55. The zero-order valence-corrected chi connectivity index (χ0v) is 7.96. The highest BCUT2D eigenvalue weighted by molar-refractivity contribution is 5.67. The van der Waals surface area contributed by atoms with E-state index in [0.29, 0.717) is 11.2 Å². The Kier molecular flexibility index (Phi) is 2.53. The molecule has 0 saturated carbocycles. The van der Waals surface area contributed by atoms with Crippen molar-refractivity contribution >= 4 is 11.2 Å². The minimum absolute atomic E-state index is 0.0892. The van der Waals surface area contributed by atoms with E-state index in [-0.39, 0.29) is 13.1 Å². The van der Waals surface area contributed by atoms with Gasteiger partial charge in [0, 0.05) is 12.7 Å². The molecule has 0 amide bonds. The van der Waals surface area contributed by atoms with Crippen molar-refractivity contribution in [2.24, 2.45) is 5.73 Å². The van der Waals surface area contributed by atoms with Gasteiger partial charge in [-0.2, -0.15) is 0 Å². The Labute approximate surface area is 84.9 Å². The van der Waals surface area contributed by atoms with E-state index < -0.39 is 11.9 Å². The van der Waals surface area contributed by atoms with Gasteiger partial charge in [0.1, 0.15) is 0 Å². The summed E-state index contributed by atoms with van der Waals surface area (Å²) in [4.78, 5) is 15.4. The minimum Gasteiger partial charge on any atom is -0.406 e. The van der Waals surface area contributed by atoms with Gasteiger partial charge in [-0.25, -0.2) is 9.78 Å². The fourth-order valence-corrected chi connectivity index (χ4v) is 1.35. The van der Waals surface area contributed by atoms with E-state index in [1.165, 1.54) is 4.57 Å². The maximum absolute atomic E-state index is 11.4. The summed E-state index contributed by atoms with van der Waals surface area (Å²) in [5.41, 5.74) is 6.10. The molecule has 1 atom stereocenters. The van der Waals surface area contributed by atoms with Crippen molar-refractivity contribution in [1.29, 1.82) is 0 Å². The normalized spacial score (nSPS) is 13.2. The molecule has 3 N–H and O–H groups in total. The first kappa shape index (κ1) is 9.88. The van der Waals surface area contributed by atoms with E-state index in [1.54, 1.807) is 18.3 Å². The van der Waals surface area contributed by atoms with Gasteiger partial charge >= 0.3 is 5.76 Å². The largest absolute Gasteiger partial charge is 0.421 e. The number of aliphatic hydroxyl groups excluding tert-OH is 1. The van der Waals surface area contributed by atoms with Gasteiger partial charge in [0.05, 0.1) is 12.6 Å². The Hall–Kier alpha value is -1.66. The lowest BCUT2D eigenvalue weighted by molar-refractivity contribution is 0.160. The maximum atomic E-state index is 11.4. The smallest absolute Gasteiger partial charge is 0.406 e. The van der Waals surface area contributed by atoms with Crippen LogP contribution in [-0.4, -0.2) is 27.3 Å². The molecular weight excluding hydrogens is 198 g/mol. The lowest BCUT2D eigenvalue weighted by atomic mass is 10.3. The van der Waals surface area contributed by atoms with E-state index in [9.17, 15) is 9.90 Å². The highest BCUT2D eigenvalue weighted by Crippen LogP contribution is 2.08. The number of rotatable bonds is 3. The number of fused-ring (bicyclic) bond motifs is 1. The zero-order chi connectivity index (χ0) is 10.8. The number of nitrogens with zero attached hydrogens (tertiary/aromatic N) is 2. The Morgan fingerprint density at radius 2 is 2.47 bits per heavy atom. The molecule has 0 bridgehead atoms. The summed E-state index contributed by atoms with van der Waals surface area (Å²) >= 11 is 0. The fraction of sp³-hybridized carbons (Fsp3) is 0.333. The predicted molar refractivity (Wildman–Crippen MR) is 53.3 cm³/mol. The minimum atomic E-state index is -0.773. The SMILES string of the molecule is NCC(O)Cn1c(=O)oc2cccnc21. The second kappa shape index (κ2) is 3.84. The van der Waals surface area contributed by atoms with Crippen molar-refractivity contribution < 1.29 is 9.52 Å². The first-order chi connectivity index (χ1) is 7.22. The number of oxazole rings is 1. The van der Waals surface area contributed by atoms with E-state index in [0.717, 1.165) is 0 Å². The van der Waals surface area contributed by atoms with Crippen molar-refractivity contribution in [1.82, 2.24) is 9.55 Å². The van der Waals surface area contributed by atoms with Crippen LogP contribution >= 0.6 is 0 Å². The van der Waals surface area contributed by atoms with Crippen LogP contribution in [0, 0.1) is 0 Å². The third-order valence-corrected chi connectivity index (χ3v) is 2.09. The van der Waals surface area contributed by atoms with E-state index in [4.69, 9.17) is 10.2 Å². The number of aromatic nitrogens is 2. The van der Waals surface area contributed by atoms with Crippen LogP contribution in [0.1, 0.15) is 0 Å². The molecule has 2 aromatic heterocycles. The van der Waals surface area contributed by atoms with Gasteiger partial charge < -0.3 is 15.3 Å². The van der Waals surface area contributed by atoms with Crippen LogP contribution in [0.15, 0.2) is 27.5 Å². The zero-order valence-electron chi connectivity index (χ0n) is 7.96. The number of hydrogen-bond acceptors (Lipinski definition) is 5. The number of aliphatic hydroxyl groups is 1. The summed E-state index contributed by atoms with van der Waals surface area (Å²) in [5, 5.41) is 9.36. The highest BCUT2D eigenvalue weighted by atomic mass is 16.4. The van der Waals surface area contributed by atoms with Crippen LogP contribution in [-0.2, 0) is 6.54 Å². The van der Waals surface area contributed by atoms with Gasteiger partial charge in [-0.1, -0.05) is 0 Å². The van der Waals surface area contributed by atoms with Crippen molar-refractivity contribution in [3.63, 3.8) is 0 Å². The molecule has 1 unspecified atom stereocenters. The molecule has 0 aliphatic heterocycles. The van der Waals surface area contributed by atoms with Crippen LogP contribution < -0.4 is 11.5 Å². The molecule has 0 radical (unpaired) electrons. The first-order valence-electron chi connectivity index (χ1n) is 4.55. The van der Waals surface area contributed by atoms with Crippen molar-refractivity contribution in [3.8, 4) is 0 Å². The van der Waals surface area contributed by atoms with Gasteiger partial charge in [-0.3, -0.25) is 4.57 Å². The summed E-state index contributed by atoms with van der Waals surface area (Å²) in [6, 6.07) is 3.32. The number of hydrogen-bond donors (Lipinski definition) is 2. The second-order valence-electron chi connectivity index (χ2n) is 3.19. The Morgan fingerprint density at radius 3 is 3.20 bits per heavy atom. The molecule has 0 aliphatic carbocycles. The summed E-state index contributed by atoms with van der Waals surface area (Å²) in [6.07, 6.45) is 0.785. The van der Waals surface area contributed by atoms with Gasteiger partial charge in [-0.05, 0) is 12.1 Å². The maximum Gasteiger partial charge on any atom is 0.421 e. The number of pyridine rings is 1. The van der Waals surface area contributed by atoms with Gasteiger partial charge in [0.15, 0.2) is 11.2 Å². The lowest BCUT2D eigenvalue weighted by Gasteiger charge is -2.06. The van der Waals surface area contributed by atoms with E-state index in [1.807, 2.05) is 0 Å². The predicted octanol–water partition coefficient (Wildman–Crippen LogP) is -0.691. The quantitative estimate of drug-likeness (QED) is 0.697. The molecule has 2 aromatic rings. The average molecular weight is 209 g/mol. The van der Waals surface area contributed by atoms with Crippen molar-refractivity contribution in [2.45, 2.75) is 12.6 Å².